The first-order valence-electron chi connectivity index (χ1n) is 13.3. The summed E-state index contributed by atoms with van der Waals surface area (Å²) in [6, 6.07) is 18.6. The summed E-state index contributed by atoms with van der Waals surface area (Å²) in [6.07, 6.45) is 5.08. The predicted molar refractivity (Wildman–Crippen MR) is 142 cm³/mol. The molecule has 1 atom stereocenters. The Bertz CT molecular complexity index is 1380. The Hall–Kier alpha value is -3.25. The molecule has 6 heteroatoms. The minimum atomic E-state index is -1.15. The lowest BCUT2D eigenvalue weighted by atomic mass is 9.79. The number of hydrogen-bond acceptors (Lipinski definition) is 5. The quantitative estimate of drug-likeness (QED) is 0.511. The first-order valence-corrected chi connectivity index (χ1v) is 13.3. The number of rotatable bonds is 4. The number of aliphatic hydroxyl groups is 1. The van der Waals surface area contributed by atoms with Crippen LogP contribution in [0.15, 0.2) is 60.8 Å². The van der Waals surface area contributed by atoms with E-state index >= 15 is 0 Å². The molecular weight excluding hydrogens is 464 g/mol. The third kappa shape index (κ3) is 4.02. The maximum absolute atomic E-state index is 13.8. The molecule has 3 fully saturated rings. The van der Waals surface area contributed by atoms with Crippen LogP contribution in [0.1, 0.15) is 58.4 Å². The normalized spacial score (nSPS) is 23.6. The highest BCUT2D eigenvalue weighted by molar-refractivity contribution is 5.91. The monoisotopic (exact) mass is 498 g/mol. The maximum Gasteiger partial charge on any atom is 0.317 e. The van der Waals surface area contributed by atoms with Crippen LogP contribution in [0.3, 0.4) is 0 Å². The second-order valence-electron chi connectivity index (χ2n) is 12.2. The number of benzene rings is 2. The van der Waals surface area contributed by atoms with Crippen LogP contribution < -0.4 is 0 Å². The highest BCUT2D eigenvalue weighted by Crippen LogP contribution is 2.70. The smallest absolute Gasteiger partial charge is 0.317 e. The van der Waals surface area contributed by atoms with Crippen LogP contribution in [-0.2, 0) is 19.7 Å². The van der Waals surface area contributed by atoms with E-state index in [1.54, 1.807) is 11.1 Å². The van der Waals surface area contributed by atoms with Crippen molar-refractivity contribution in [3.8, 4) is 11.1 Å². The third-order valence-corrected chi connectivity index (χ3v) is 8.58. The Morgan fingerprint density at radius 1 is 0.946 bits per heavy atom. The summed E-state index contributed by atoms with van der Waals surface area (Å²) >= 11 is 0. The molecular formula is C31H34N2O4. The molecule has 1 aliphatic heterocycles. The molecule has 2 heterocycles. The summed E-state index contributed by atoms with van der Waals surface area (Å²) in [5.41, 5.74) is 1.41. The fraction of sp³-hybridized carbons (Fsp3) is 0.452. The van der Waals surface area contributed by atoms with Gasteiger partial charge in [-0.05, 0) is 87.1 Å². The number of ether oxygens (including phenoxy) is 1. The number of piperidine rings is 1. The second kappa shape index (κ2) is 8.12. The van der Waals surface area contributed by atoms with Gasteiger partial charge < -0.3 is 14.7 Å². The number of esters is 1. The number of aromatic nitrogens is 1. The number of amides is 1. The van der Waals surface area contributed by atoms with Crippen LogP contribution in [-0.4, -0.2) is 51.2 Å². The van der Waals surface area contributed by atoms with E-state index in [0.29, 0.717) is 25.9 Å². The van der Waals surface area contributed by atoms with Gasteiger partial charge in [0.05, 0.1) is 10.9 Å². The van der Waals surface area contributed by atoms with Gasteiger partial charge in [0.25, 0.3) is 5.91 Å². The molecule has 6 nitrogen and oxygen atoms in total. The van der Waals surface area contributed by atoms with E-state index < -0.39 is 16.6 Å². The topological polar surface area (TPSA) is 79.7 Å². The van der Waals surface area contributed by atoms with Crippen molar-refractivity contribution >= 4 is 22.8 Å². The minimum absolute atomic E-state index is 0.153. The van der Waals surface area contributed by atoms with Gasteiger partial charge in [-0.25, -0.2) is 0 Å². The number of carbonyl (C=O) groups is 2. The Kier molecular flexibility index (Phi) is 5.29. The number of nitrogens with zero attached hydrogens (tertiary/aromatic N) is 2. The summed E-state index contributed by atoms with van der Waals surface area (Å²) in [4.78, 5) is 32.7. The Morgan fingerprint density at radius 3 is 2.27 bits per heavy atom. The number of likely N-dealkylation sites (tertiary alicyclic amines) is 1. The first kappa shape index (κ1) is 24.1. The lowest BCUT2D eigenvalue weighted by Crippen LogP contribution is -2.47. The van der Waals surface area contributed by atoms with Gasteiger partial charge in [-0.3, -0.25) is 14.6 Å². The van der Waals surface area contributed by atoms with Gasteiger partial charge in [0.1, 0.15) is 11.2 Å². The molecule has 1 saturated heterocycles. The summed E-state index contributed by atoms with van der Waals surface area (Å²) in [6.45, 7) is 6.84. The minimum Gasteiger partial charge on any atom is -0.459 e. The molecule has 1 spiro atoms. The van der Waals surface area contributed by atoms with Gasteiger partial charge in [-0.15, -0.1) is 0 Å². The highest BCUT2D eigenvalue weighted by atomic mass is 16.6. The van der Waals surface area contributed by atoms with E-state index in [4.69, 9.17) is 4.74 Å². The summed E-state index contributed by atoms with van der Waals surface area (Å²) in [5.74, 6) is -0.330. The zero-order chi connectivity index (χ0) is 26.1. The predicted octanol–water partition coefficient (Wildman–Crippen LogP) is 5.02. The molecule has 1 amide bonds. The molecule has 0 bridgehead atoms. The van der Waals surface area contributed by atoms with Crippen LogP contribution in [0.4, 0.5) is 0 Å². The van der Waals surface area contributed by atoms with Crippen molar-refractivity contribution < 1.29 is 19.4 Å². The zero-order valence-electron chi connectivity index (χ0n) is 21.8. The summed E-state index contributed by atoms with van der Waals surface area (Å²) < 4.78 is 5.98. The Balaban J connectivity index is 1.29. The van der Waals surface area contributed by atoms with Gasteiger partial charge in [-0.2, -0.15) is 0 Å². The fourth-order valence-electron chi connectivity index (χ4n) is 6.20. The van der Waals surface area contributed by atoms with E-state index in [1.807, 2.05) is 26.8 Å². The van der Waals surface area contributed by atoms with Crippen LogP contribution in [0, 0.1) is 5.41 Å². The summed E-state index contributed by atoms with van der Waals surface area (Å²) in [5, 5.41) is 11.4. The molecule has 1 unspecified atom stereocenters. The average molecular weight is 499 g/mol. The van der Waals surface area contributed by atoms with E-state index in [-0.39, 0.29) is 17.3 Å². The zero-order valence-corrected chi connectivity index (χ0v) is 21.8. The molecule has 3 aliphatic rings. The average Bonchev–Trinajstić information content (AvgIpc) is 3.79. The molecule has 2 saturated carbocycles. The number of hydrogen-bond donors (Lipinski definition) is 1. The number of carbonyl (C=O) groups excluding carboxylic acids is 2. The van der Waals surface area contributed by atoms with Crippen LogP contribution in [0.25, 0.3) is 22.0 Å². The van der Waals surface area contributed by atoms with Gasteiger partial charge in [0.2, 0.25) is 0 Å². The van der Waals surface area contributed by atoms with E-state index in [2.05, 4.69) is 53.5 Å². The third-order valence-electron chi connectivity index (χ3n) is 8.58. The first-order chi connectivity index (χ1) is 17.6. The SMILES string of the molecule is CC(C)(C)OC(=O)C1(c2ccc(-c3ccc4cccnc4c3)cc2)CC12CCN(C(=O)C1(O)CC1)CC2. The van der Waals surface area contributed by atoms with Crippen LogP contribution in [0.2, 0.25) is 0 Å². The van der Waals surface area contributed by atoms with Crippen LogP contribution in [0.5, 0.6) is 0 Å². The van der Waals surface area contributed by atoms with E-state index in [0.717, 1.165) is 46.9 Å². The fourth-order valence-corrected chi connectivity index (χ4v) is 6.20. The molecule has 2 aromatic carbocycles. The van der Waals surface area contributed by atoms with Crippen molar-refractivity contribution in [1.82, 2.24) is 9.88 Å². The molecule has 1 aromatic heterocycles. The largest absolute Gasteiger partial charge is 0.459 e. The molecule has 37 heavy (non-hydrogen) atoms. The highest BCUT2D eigenvalue weighted by Gasteiger charge is 2.74. The van der Waals surface area contributed by atoms with Crippen molar-refractivity contribution in [1.29, 1.82) is 0 Å². The molecule has 2 aliphatic carbocycles. The van der Waals surface area contributed by atoms with Gasteiger partial charge >= 0.3 is 5.97 Å². The number of fused-ring (bicyclic) bond motifs is 1. The van der Waals surface area contributed by atoms with Crippen molar-refractivity contribution in [3.63, 3.8) is 0 Å². The molecule has 0 radical (unpaired) electrons. The van der Waals surface area contributed by atoms with Gasteiger partial charge in [-0.1, -0.05) is 42.5 Å². The van der Waals surface area contributed by atoms with Gasteiger partial charge in [0, 0.05) is 24.7 Å². The molecule has 192 valence electrons. The Morgan fingerprint density at radius 2 is 1.62 bits per heavy atom. The standard InChI is InChI=1S/C31H34N2O4/c1-28(2,3)37-27(35)31(20-29(31)14-17-33(18-15-29)26(34)30(36)12-13-30)24-10-8-21(9-11-24)23-7-6-22-5-4-16-32-25(22)19-23/h4-11,16,19,36H,12-15,17-18,20H2,1-3H3. The lowest BCUT2D eigenvalue weighted by molar-refractivity contribution is -0.160. The molecule has 3 aromatic rings. The molecule has 6 rings (SSSR count). The maximum atomic E-state index is 13.8. The second-order valence-corrected chi connectivity index (χ2v) is 12.2. The summed E-state index contributed by atoms with van der Waals surface area (Å²) in [7, 11) is 0. The van der Waals surface area contributed by atoms with Gasteiger partial charge in [0.15, 0.2) is 0 Å². The molecule has 1 N–H and O–H groups in total. The van der Waals surface area contributed by atoms with Crippen LogP contribution >= 0.6 is 0 Å². The Labute approximate surface area is 217 Å². The van der Waals surface area contributed by atoms with Crippen molar-refractivity contribution in [2.75, 3.05) is 13.1 Å². The van der Waals surface area contributed by atoms with E-state index in [9.17, 15) is 14.7 Å². The number of pyridine rings is 1. The van der Waals surface area contributed by atoms with E-state index in [1.165, 1.54) is 0 Å². The lowest BCUT2D eigenvalue weighted by Gasteiger charge is -2.37. The van der Waals surface area contributed by atoms with Crippen molar-refractivity contribution in [2.45, 2.75) is 69.5 Å². The van der Waals surface area contributed by atoms with Crippen molar-refractivity contribution in [2.24, 2.45) is 5.41 Å². The van der Waals surface area contributed by atoms with Crippen molar-refractivity contribution in [3.05, 3.63) is 66.4 Å².